The second kappa shape index (κ2) is 4.74. The second-order valence-corrected chi connectivity index (χ2v) is 3.82. The van der Waals surface area contributed by atoms with Crippen LogP contribution < -0.4 is 5.73 Å². The van der Waals surface area contributed by atoms with Gasteiger partial charge in [0.05, 0.1) is 0 Å². The van der Waals surface area contributed by atoms with Gasteiger partial charge < -0.3 is 15.9 Å². The third-order valence-corrected chi connectivity index (χ3v) is 2.76. The highest BCUT2D eigenvalue weighted by Crippen LogP contribution is 2.25. The number of nitrogens with zero attached hydrogens (tertiary/aromatic N) is 1. The zero-order chi connectivity index (χ0) is 11.4. The van der Waals surface area contributed by atoms with Crippen molar-refractivity contribution in [3.05, 3.63) is 10.4 Å². The Morgan fingerprint density at radius 3 is 2.60 bits per heavy atom. The molecule has 0 spiro atoms. The molecule has 1 atom stereocenters. The molecule has 0 aliphatic rings. The molecule has 0 radical (unpaired) electrons. The molecule has 4 N–H and O–H groups in total. The summed E-state index contributed by atoms with van der Waals surface area (Å²) >= 11 is 1.13. The molecule has 0 amide bonds. The average Bonchev–Trinajstić information content (AvgIpc) is 2.51. The Bertz CT molecular complexity index is 376. The van der Waals surface area contributed by atoms with Gasteiger partial charge in [0.2, 0.25) is 0 Å². The molecule has 0 aromatic carbocycles. The molecule has 1 heterocycles. The molecule has 1 aromatic heterocycles. The Morgan fingerprint density at radius 2 is 2.20 bits per heavy atom. The summed E-state index contributed by atoms with van der Waals surface area (Å²) in [5, 5.41) is 19.2. The number of rotatable bonds is 5. The first-order valence-corrected chi connectivity index (χ1v) is 5.04. The quantitative estimate of drug-likeness (QED) is 0.688. The van der Waals surface area contributed by atoms with Crippen LogP contribution in [-0.2, 0) is 9.59 Å². The first-order valence-electron chi connectivity index (χ1n) is 4.16. The van der Waals surface area contributed by atoms with Crippen LogP contribution in [0.25, 0.3) is 0 Å². The van der Waals surface area contributed by atoms with Gasteiger partial charge in [-0.15, -0.1) is 11.3 Å². The number of aliphatic carboxylic acids is 2. The number of hydrogen-bond acceptors (Lipinski definition) is 5. The zero-order valence-corrected chi connectivity index (χ0v) is 8.53. The van der Waals surface area contributed by atoms with Crippen molar-refractivity contribution in [2.45, 2.75) is 18.8 Å². The summed E-state index contributed by atoms with van der Waals surface area (Å²) in [6, 6.07) is 0. The summed E-state index contributed by atoms with van der Waals surface area (Å²) in [6.07, 6.45) is -0.173. The van der Waals surface area contributed by atoms with Crippen LogP contribution in [0.3, 0.4) is 0 Å². The molecule has 0 aliphatic heterocycles. The lowest BCUT2D eigenvalue weighted by atomic mass is 10.0. The highest BCUT2D eigenvalue weighted by atomic mass is 32.1. The summed E-state index contributed by atoms with van der Waals surface area (Å²) in [5.41, 5.74) is 5.36. The fourth-order valence-corrected chi connectivity index (χ4v) is 1.92. The van der Waals surface area contributed by atoms with E-state index in [0.29, 0.717) is 5.01 Å². The summed E-state index contributed by atoms with van der Waals surface area (Å²) in [5.74, 6) is -2.73. The van der Waals surface area contributed by atoms with E-state index in [1.54, 1.807) is 0 Å². The SMILES string of the molecule is Nc1csc(C(CCC(=O)O)C(=O)O)n1. The standard InChI is InChI=1S/C8H10N2O4S/c9-5-3-15-7(10-5)4(8(13)14)1-2-6(11)12/h3-4H,1-2,9H2,(H,11,12)(H,13,14). The fraction of sp³-hybridized carbons (Fsp3) is 0.375. The smallest absolute Gasteiger partial charge is 0.313 e. The van der Waals surface area contributed by atoms with Gasteiger partial charge in [-0.05, 0) is 6.42 Å². The van der Waals surface area contributed by atoms with E-state index >= 15 is 0 Å². The molecular formula is C8H10N2O4S. The van der Waals surface area contributed by atoms with Crippen LogP contribution in [0.4, 0.5) is 5.82 Å². The van der Waals surface area contributed by atoms with Gasteiger partial charge in [0.25, 0.3) is 0 Å². The van der Waals surface area contributed by atoms with Gasteiger partial charge in [-0.1, -0.05) is 0 Å². The molecule has 0 saturated heterocycles. The highest BCUT2D eigenvalue weighted by Gasteiger charge is 2.23. The number of thiazole rings is 1. The average molecular weight is 230 g/mol. The van der Waals surface area contributed by atoms with E-state index in [1.807, 2.05) is 0 Å². The van der Waals surface area contributed by atoms with Crippen LogP contribution in [0.5, 0.6) is 0 Å². The number of nitrogens with two attached hydrogens (primary N) is 1. The minimum Gasteiger partial charge on any atom is -0.481 e. The van der Waals surface area contributed by atoms with Crippen molar-refractivity contribution >= 4 is 29.1 Å². The monoisotopic (exact) mass is 230 g/mol. The van der Waals surface area contributed by atoms with Crippen molar-refractivity contribution in [3.63, 3.8) is 0 Å². The first kappa shape index (κ1) is 11.4. The number of carboxylic acids is 2. The van der Waals surface area contributed by atoms with Gasteiger partial charge in [-0.25, -0.2) is 4.98 Å². The summed E-state index contributed by atoms with van der Waals surface area (Å²) < 4.78 is 0. The Labute approximate surface area is 89.4 Å². The molecule has 6 nitrogen and oxygen atoms in total. The minimum absolute atomic E-state index is 0.0254. The lowest BCUT2D eigenvalue weighted by Gasteiger charge is -2.06. The molecule has 7 heteroatoms. The number of carboxylic acid groups (broad SMARTS) is 2. The third kappa shape index (κ3) is 3.21. The predicted octanol–water partition coefficient (Wildman–Crippen LogP) is 0.758. The molecule has 0 bridgehead atoms. The number of anilines is 1. The lowest BCUT2D eigenvalue weighted by Crippen LogP contribution is -2.13. The number of nitrogen functional groups attached to an aromatic ring is 1. The molecule has 82 valence electrons. The van der Waals surface area contributed by atoms with Gasteiger partial charge in [-0.2, -0.15) is 0 Å². The van der Waals surface area contributed by atoms with Crippen molar-refractivity contribution < 1.29 is 19.8 Å². The molecular weight excluding hydrogens is 220 g/mol. The van der Waals surface area contributed by atoms with Gasteiger partial charge in [0.15, 0.2) is 0 Å². The van der Waals surface area contributed by atoms with Gasteiger partial charge >= 0.3 is 11.9 Å². The molecule has 0 aliphatic carbocycles. The Balaban J connectivity index is 2.74. The minimum atomic E-state index is -1.08. The van der Waals surface area contributed by atoms with Crippen LogP contribution in [-0.4, -0.2) is 27.1 Å². The third-order valence-electron chi connectivity index (χ3n) is 1.78. The van der Waals surface area contributed by atoms with E-state index in [0.717, 1.165) is 11.3 Å². The zero-order valence-electron chi connectivity index (χ0n) is 7.71. The van der Waals surface area contributed by atoms with Crippen molar-refractivity contribution in [2.75, 3.05) is 5.73 Å². The Morgan fingerprint density at radius 1 is 1.53 bits per heavy atom. The van der Waals surface area contributed by atoms with E-state index in [2.05, 4.69) is 4.98 Å². The van der Waals surface area contributed by atoms with Crippen LogP contribution in [0.2, 0.25) is 0 Å². The molecule has 0 fully saturated rings. The van der Waals surface area contributed by atoms with E-state index in [4.69, 9.17) is 15.9 Å². The summed E-state index contributed by atoms with van der Waals surface area (Å²) in [4.78, 5) is 25.0. The Kier molecular flexibility index (Phi) is 3.62. The van der Waals surface area contributed by atoms with Crippen molar-refractivity contribution in [1.82, 2.24) is 4.98 Å². The number of aromatic nitrogens is 1. The van der Waals surface area contributed by atoms with Gasteiger partial charge in [-0.3, -0.25) is 9.59 Å². The van der Waals surface area contributed by atoms with E-state index in [-0.39, 0.29) is 18.7 Å². The molecule has 15 heavy (non-hydrogen) atoms. The molecule has 1 rings (SSSR count). The van der Waals surface area contributed by atoms with Crippen LogP contribution in [0, 0.1) is 0 Å². The van der Waals surface area contributed by atoms with E-state index < -0.39 is 17.9 Å². The fourth-order valence-electron chi connectivity index (χ4n) is 1.08. The van der Waals surface area contributed by atoms with Crippen LogP contribution in [0.1, 0.15) is 23.8 Å². The highest BCUT2D eigenvalue weighted by molar-refractivity contribution is 7.10. The maximum absolute atomic E-state index is 10.9. The van der Waals surface area contributed by atoms with Gasteiger partial charge in [0.1, 0.15) is 16.7 Å². The van der Waals surface area contributed by atoms with Crippen LogP contribution in [0.15, 0.2) is 5.38 Å². The maximum Gasteiger partial charge on any atom is 0.313 e. The van der Waals surface area contributed by atoms with Crippen LogP contribution >= 0.6 is 11.3 Å². The van der Waals surface area contributed by atoms with Crippen molar-refractivity contribution in [3.8, 4) is 0 Å². The molecule has 1 unspecified atom stereocenters. The van der Waals surface area contributed by atoms with Crippen molar-refractivity contribution in [1.29, 1.82) is 0 Å². The van der Waals surface area contributed by atoms with E-state index in [1.165, 1.54) is 5.38 Å². The number of hydrogen-bond donors (Lipinski definition) is 3. The number of carbonyl (C=O) groups is 2. The largest absolute Gasteiger partial charge is 0.481 e. The normalized spacial score (nSPS) is 12.3. The Hall–Kier alpha value is -1.63. The van der Waals surface area contributed by atoms with E-state index in [9.17, 15) is 9.59 Å². The van der Waals surface area contributed by atoms with Gasteiger partial charge in [0, 0.05) is 11.8 Å². The topological polar surface area (TPSA) is 114 Å². The molecule has 1 aromatic rings. The maximum atomic E-state index is 10.9. The summed E-state index contributed by atoms with van der Waals surface area (Å²) in [6.45, 7) is 0. The first-order chi connectivity index (χ1) is 7.00. The molecule has 0 saturated carbocycles. The van der Waals surface area contributed by atoms with Crippen molar-refractivity contribution in [2.24, 2.45) is 0 Å². The summed E-state index contributed by atoms with van der Waals surface area (Å²) in [7, 11) is 0. The predicted molar refractivity (Wildman–Crippen MR) is 53.8 cm³/mol. The lowest BCUT2D eigenvalue weighted by molar-refractivity contribution is -0.140. The second-order valence-electron chi connectivity index (χ2n) is 2.93.